The molecule has 0 aliphatic carbocycles. The average Bonchev–Trinajstić information content (AvgIpc) is 2.52. The minimum Gasteiger partial charge on any atom is -0.363 e. The van der Waals surface area contributed by atoms with Crippen molar-refractivity contribution < 1.29 is 0 Å². The molecular weight excluding hydrogens is 286 g/mol. The van der Waals surface area contributed by atoms with E-state index in [1.807, 2.05) is 6.92 Å². The van der Waals surface area contributed by atoms with Gasteiger partial charge in [0.05, 0.1) is 6.04 Å². The van der Waals surface area contributed by atoms with Gasteiger partial charge >= 0.3 is 0 Å². The molecule has 1 nitrogen and oxygen atoms in total. The molecule has 0 radical (unpaired) electrons. The van der Waals surface area contributed by atoms with Crippen LogP contribution in [-0.4, -0.2) is 7.05 Å². The molecule has 0 saturated heterocycles. The second-order valence-electron chi connectivity index (χ2n) is 5.58. The van der Waals surface area contributed by atoms with E-state index in [2.05, 4.69) is 74.0 Å². The number of hydrogen-bond acceptors (Lipinski definition) is 2. The van der Waals surface area contributed by atoms with Crippen molar-refractivity contribution in [2.45, 2.75) is 32.7 Å². The van der Waals surface area contributed by atoms with Gasteiger partial charge in [0, 0.05) is 23.2 Å². The summed E-state index contributed by atoms with van der Waals surface area (Å²) < 4.78 is 0. The highest BCUT2D eigenvalue weighted by molar-refractivity contribution is 7.84. The van der Waals surface area contributed by atoms with Gasteiger partial charge in [-0.2, -0.15) is 0 Å². The van der Waals surface area contributed by atoms with Crippen LogP contribution in [0.15, 0.2) is 71.2 Å². The minimum absolute atomic E-state index is 0.240. The molecule has 1 heterocycles. The predicted octanol–water partition coefficient (Wildman–Crippen LogP) is 5.85. The quantitative estimate of drug-likeness (QED) is 0.392. The molecule has 0 N–H and O–H groups in total. The second kappa shape index (κ2) is 7.55. The van der Waals surface area contributed by atoms with Gasteiger partial charge in [0.15, 0.2) is 0 Å². The van der Waals surface area contributed by atoms with Gasteiger partial charge in [-0.15, -0.1) is 12.6 Å². The number of fused-ring (bicyclic) bond motifs is 1. The van der Waals surface area contributed by atoms with Gasteiger partial charge in [-0.25, -0.2) is 0 Å². The van der Waals surface area contributed by atoms with Crippen LogP contribution in [0.5, 0.6) is 0 Å². The standard InChI is InChI=1S/C20H25NS/c1-5-7-8-12-15(3)16(11-6-2)20(22)19-17-13-9-10-14-18(17)21(19)4/h5-7,9-11,13-14,19,22H,3,8,12H2,1-2,4H3/b7-5-,11-6-,20-16-. The van der Waals surface area contributed by atoms with Gasteiger partial charge in [0.1, 0.15) is 0 Å². The summed E-state index contributed by atoms with van der Waals surface area (Å²) in [5.74, 6) is 0. The summed E-state index contributed by atoms with van der Waals surface area (Å²) in [5, 5.41) is 0. The number of hydrogen-bond donors (Lipinski definition) is 1. The predicted molar refractivity (Wildman–Crippen MR) is 102 cm³/mol. The smallest absolute Gasteiger partial charge is 0.0874 e. The monoisotopic (exact) mass is 311 g/mol. The Balaban J connectivity index is 2.30. The summed E-state index contributed by atoms with van der Waals surface area (Å²) in [6.45, 7) is 8.37. The van der Waals surface area contributed by atoms with Crippen molar-refractivity contribution in [3.8, 4) is 0 Å². The summed E-state index contributed by atoms with van der Waals surface area (Å²) >= 11 is 4.86. The molecule has 1 unspecified atom stereocenters. The van der Waals surface area contributed by atoms with Crippen molar-refractivity contribution in [1.82, 2.24) is 0 Å². The van der Waals surface area contributed by atoms with E-state index in [-0.39, 0.29) is 6.04 Å². The maximum absolute atomic E-state index is 4.86. The van der Waals surface area contributed by atoms with Crippen molar-refractivity contribution in [2.24, 2.45) is 0 Å². The van der Waals surface area contributed by atoms with Gasteiger partial charge in [0.25, 0.3) is 0 Å². The summed E-state index contributed by atoms with van der Waals surface area (Å²) in [5.41, 5.74) is 4.96. The summed E-state index contributed by atoms with van der Waals surface area (Å²) in [4.78, 5) is 3.37. The fourth-order valence-corrected chi connectivity index (χ4v) is 3.45. The van der Waals surface area contributed by atoms with Gasteiger partial charge in [-0.1, -0.05) is 49.1 Å². The van der Waals surface area contributed by atoms with E-state index < -0.39 is 0 Å². The van der Waals surface area contributed by atoms with Crippen LogP contribution < -0.4 is 4.90 Å². The first-order valence-electron chi connectivity index (χ1n) is 7.78. The van der Waals surface area contributed by atoms with Crippen molar-refractivity contribution in [1.29, 1.82) is 0 Å². The Hall–Kier alpha value is -1.67. The van der Waals surface area contributed by atoms with Gasteiger partial charge in [-0.3, -0.25) is 0 Å². The molecule has 0 saturated carbocycles. The van der Waals surface area contributed by atoms with E-state index >= 15 is 0 Å². The molecule has 1 atom stereocenters. The highest BCUT2D eigenvalue weighted by Gasteiger charge is 2.34. The van der Waals surface area contributed by atoms with Crippen LogP contribution in [-0.2, 0) is 0 Å². The Morgan fingerprint density at radius 3 is 2.68 bits per heavy atom. The molecular formula is C20H25NS. The normalized spacial score (nSPS) is 18.4. The lowest BCUT2D eigenvalue weighted by molar-refractivity contribution is 0.721. The van der Waals surface area contributed by atoms with Crippen LogP contribution in [0.4, 0.5) is 5.69 Å². The summed E-state index contributed by atoms with van der Waals surface area (Å²) in [7, 11) is 2.12. The molecule has 116 valence electrons. The van der Waals surface area contributed by atoms with E-state index in [9.17, 15) is 0 Å². The van der Waals surface area contributed by atoms with Crippen molar-refractivity contribution in [3.63, 3.8) is 0 Å². The summed E-state index contributed by atoms with van der Waals surface area (Å²) in [6.07, 6.45) is 10.5. The third-order valence-corrected chi connectivity index (χ3v) is 4.58. The SMILES string of the molecule is C=C(CC/C=C\C)C(/C=C\C)=C(\S)C1c2ccccc2N1C. The Bertz CT molecular complexity index is 637. The Labute approximate surface area is 140 Å². The zero-order chi connectivity index (χ0) is 16.1. The van der Waals surface area contributed by atoms with E-state index in [4.69, 9.17) is 12.6 Å². The maximum atomic E-state index is 4.86. The molecule has 0 fully saturated rings. The highest BCUT2D eigenvalue weighted by atomic mass is 32.1. The van der Waals surface area contributed by atoms with E-state index in [1.165, 1.54) is 16.8 Å². The van der Waals surface area contributed by atoms with Crippen LogP contribution in [0.3, 0.4) is 0 Å². The number of nitrogens with zero attached hydrogens (tertiary/aromatic N) is 1. The number of anilines is 1. The lowest BCUT2D eigenvalue weighted by atomic mass is 9.89. The van der Waals surface area contributed by atoms with Crippen LogP contribution in [0.25, 0.3) is 0 Å². The number of rotatable bonds is 6. The molecule has 0 bridgehead atoms. The second-order valence-corrected chi connectivity index (χ2v) is 6.06. The lowest BCUT2D eigenvalue weighted by Crippen LogP contribution is -2.35. The van der Waals surface area contributed by atoms with Crippen LogP contribution in [0, 0.1) is 0 Å². The first kappa shape index (κ1) is 16.7. The van der Waals surface area contributed by atoms with Crippen molar-refractivity contribution in [3.05, 3.63) is 76.8 Å². The van der Waals surface area contributed by atoms with Crippen LogP contribution >= 0.6 is 12.6 Å². The molecule has 1 aliphatic rings. The number of benzene rings is 1. The Morgan fingerprint density at radius 2 is 2.00 bits per heavy atom. The van der Waals surface area contributed by atoms with Crippen molar-refractivity contribution >= 4 is 18.3 Å². The third-order valence-electron chi connectivity index (χ3n) is 4.10. The Morgan fingerprint density at radius 1 is 1.27 bits per heavy atom. The molecule has 22 heavy (non-hydrogen) atoms. The zero-order valence-electron chi connectivity index (χ0n) is 13.7. The van der Waals surface area contributed by atoms with Crippen LogP contribution in [0.1, 0.15) is 38.3 Å². The molecule has 0 amide bonds. The molecule has 0 aromatic heterocycles. The number of para-hydroxylation sites is 1. The lowest BCUT2D eigenvalue weighted by Gasteiger charge is -2.43. The number of likely N-dealkylation sites (N-methyl/N-ethyl adjacent to an activating group) is 1. The maximum Gasteiger partial charge on any atom is 0.0874 e. The molecule has 1 aliphatic heterocycles. The molecule has 1 aromatic rings. The molecule has 2 rings (SSSR count). The van der Waals surface area contributed by atoms with E-state index in [0.29, 0.717) is 0 Å². The minimum atomic E-state index is 0.240. The Kier molecular flexibility index (Phi) is 5.73. The van der Waals surface area contributed by atoms with E-state index in [1.54, 1.807) is 0 Å². The third kappa shape index (κ3) is 3.22. The summed E-state index contributed by atoms with van der Waals surface area (Å²) in [6, 6.07) is 8.76. The van der Waals surface area contributed by atoms with Gasteiger partial charge in [0.2, 0.25) is 0 Å². The molecule has 0 spiro atoms. The molecule has 2 heteroatoms. The first-order chi connectivity index (χ1) is 10.6. The largest absolute Gasteiger partial charge is 0.363 e. The average molecular weight is 311 g/mol. The van der Waals surface area contributed by atoms with E-state index in [0.717, 1.165) is 23.3 Å². The van der Waals surface area contributed by atoms with Crippen molar-refractivity contribution in [2.75, 3.05) is 11.9 Å². The zero-order valence-corrected chi connectivity index (χ0v) is 14.6. The fraction of sp³-hybridized carbons (Fsp3) is 0.300. The number of thiol groups is 1. The molecule has 1 aromatic carbocycles. The van der Waals surface area contributed by atoms with Gasteiger partial charge in [-0.05, 0) is 43.9 Å². The highest BCUT2D eigenvalue weighted by Crippen LogP contribution is 2.48. The first-order valence-corrected chi connectivity index (χ1v) is 8.23. The van der Waals surface area contributed by atoms with Crippen LogP contribution in [0.2, 0.25) is 0 Å². The fourth-order valence-electron chi connectivity index (χ4n) is 2.91. The van der Waals surface area contributed by atoms with Gasteiger partial charge < -0.3 is 4.90 Å². The number of allylic oxidation sites excluding steroid dienone is 6. The topological polar surface area (TPSA) is 3.24 Å².